The van der Waals surface area contributed by atoms with Gasteiger partial charge in [-0.25, -0.2) is 0 Å². The van der Waals surface area contributed by atoms with E-state index in [2.05, 4.69) is 19.9 Å². The molecular weight excluding hydrogens is 186 g/mol. The summed E-state index contributed by atoms with van der Waals surface area (Å²) in [6, 6.07) is 8.04. The van der Waals surface area contributed by atoms with Gasteiger partial charge in [0.1, 0.15) is 11.4 Å². The van der Waals surface area contributed by atoms with Gasteiger partial charge in [-0.2, -0.15) is 5.26 Å². The second-order valence-electron chi connectivity index (χ2n) is 4.34. The first-order valence-electron chi connectivity index (χ1n) is 4.99. The third-order valence-electron chi connectivity index (χ3n) is 2.46. The average molecular weight is 199 g/mol. The van der Waals surface area contributed by atoms with E-state index in [0.717, 1.165) is 17.7 Å². The molecule has 0 spiro atoms. The number of hydrogen-bond acceptors (Lipinski definition) is 2. The molecule has 0 fully saturated rings. The summed E-state index contributed by atoms with van der Waals surface area (Å²) in [5.74, 6) is 0.925. The van der Waals surface area contributed by atoms with Gasteiger partial charge >= 0.3 is 0 Å². The highest BCUT2D eigenvalue weighted by molar-refractivity contribution is 5.62. The van der Waals surface area contributed by atoms with Gasteiger partial charge in [0.15, 0.2) is 0 Å². The Morgan fingerprint density at radius 2 is 2.27 bits per heavy atom. The van der Waals surface area contributed by atoms with Gasteiger partial charge < -0.3 is 4.74 Å². The van der Waals surface area contributed by atoms with E-state index in [-0.39, 0.29) is 5.60 Å². The van der Waals surface area contributed by atoms with Gasteiger partial charge in [-0.05, 0) is 25.5 Å². The van der Waals surface area contributed by atoms with Crippen LogP contribution in [0.3, 0.4) is 0 Å². The number of rotatable bonds is 1. The van der Waals surface area contributed by atoms with Crippen molar-refractivity contribution in [3.8, 4) is 11.8 Å². The Balaban J connectivity index is 2.42. The van der Waals surface area contributed by atoms with Gasteiger partial charge in [0.25, 0.3) is 0 Å². The number of nitriles is 1. The summed E-state index contributed by atoms with van der Waals surface area (Å²) >= 11 is 0. The summed E-state index contributed by atoms with van der Waals surface area (Å²) in [5.41, 5.74) is 2.08. The maximum Gasteiger partial charge on any atom is 0.130 e. The van der Waals surface area contributed by atoms with Gasteiger partial charge in [0.2, 0.25) is 0 Å². The third kappa shape index (κ3) is 1.87. The van der Waals surface area contributed by atoms with Crippen LogP contribution in [0.15, 0.2) is 24.3 Å². The molecule has 1 aromatic rings. The lowest BCUT2D eigenvalue weighted by atomic mass is 10.0. The molecule has 0 radical (unpaired) electrons. The molecule has 0 saturated carbocycles. The highest BCUT2D eigenvalue weighted by atomic mass is 16.5. The topological polar surface area (TPSA) is 33.0 Å². The fraction of sp³-hybridized carbons (Fsp3) is 0.308. The number of para-hydroxylation sites is 1. The Morgan fingerprint density at radius 1 is 1.47 bits per heavy atom. The minimum absolute atomic E-state index is 0.126. The zero-order chi connectivity index (χ0) is 10.9. The number of nitrogens with zero attached hydrogens (tertiary/aromatic N) is 1. The maximum absolute atomic E-state index is 8.50. The van der Waals surface area contributed by atoms with Crippen LogP contribution in [-0.2, 0) is 6.42 Å². The fourth-order valence-corrected chi connectivity index (χ4v) is 1.90. The molecule has 0 amide bonds. The lowest BCUT2D eigenvalue weighted by molar-refractivity contribution is 0.138. The van der Waals surface area contributed by atoms with Gasteiger partial charge in [-0.15, -0.1) is 0 Å². The van der Waals surface area contributed by atoms with Crippen LogP contribution in [-0.4, -0.2) is 5.60 Å². The molecule has 0 saturated heterocycles. The Hall–Kier alpha value is -1.75. The number of ether oxygens (including phenoxy) is 1. The molecular formula is C13H13NO. The molecule has 0 N–H and O–H groups in total. The van der Waals surface area contributed by atoms with Crippen molar-refractivity contribution in [1.82, 2.24) is 0 Å². The fourth-order valence-electron chi connectivity index (χ4n) is 1.90. The molecule has 0 bridgehead atoms. The zero-order valence-corrected chi connectivity index (χ0v) is 8.95. The molecule has 2 rings (SSSR count). The minimum Gasteiger partial charge on any atom is -0.487 e. The van der Waals surface area contributed by atoms with Crippen molar-refractivity contribution < 1.29 is 4.74 Å². The standard InChI is InChI=1S/C13H13NO/c1-13(2)9-11-6-3-5-10(7-4-8-14)12(11)15-13/h3-7H,9H2,1-2H3. The Kier molecular flexibility index (Phi) is 2.24. The average Bonchev–Trinajstić information content (AvgIpc) is 2.49. The van der Waals surface area contributed by atoms with E-state index in [9.17, 15) is 0 Å². The summed E-state index contributed by atoms with van der Waals surface area (Å²) in [4.78, 5) is 0. The molecule has 2 heteroatoms. The molecule has 2 nitrogen and oxygen atoms in total. The van der Waals surface area contributed by atoms with E-state index in [1.165, 1.54) is 11.6 Å². The first kappa shape index (κ1) is 9.79. The quantitative estimate of drug-likeness (QED) is 0.651. The van der Waals surface area contributed by atoms with Crippen molar-refractivity contribution in [1.29, 1.82) is 5.26 Å². The third-order valence-corrected chi connectivity index (χ3v) is 2.46. The second-order valence-corrected chi connectivity index (χ2v) is 4.34. The van der Waals surface area contributed by atoms with Crippen LogP contribution in [0.5, 0.6) is 5.75 Å². The molecule has 1 aromatic carbocycles. The van der Waals surface area contributed by atoms with Crippen molar-refractivity contribution in [2.75, 3.05) is 0 Å². The summed E-state index contributed by atoms with van der Waals surface area (Å²) in [6.07, 6.45) is 4.20. The number of benzene rings is 1. The monoisotopic (exact) mass is 199 g/mol. The van der Waals surface area contributed by atoms with Crippen LogP contribution >= 0.6 is 0 Å². The molecule has 15 heavy (non-hydrogen) atoms. The Bertz CT molecular complexity index is 452. The molecule has 1 heterocycles. The largest absolute Gasteiger partial charge is 0.487 e. The predicted molar refractivity (Wildman–Crippen MR) is 59.5 cm³/mol. The smallest absolute Gasteiger partial charge is 0.130 e. The molecule has 0 unspecified atom stereocenters. The molecule has 0 atom stereocenters. The van der Waals surface area contributed by atoms with Crippen LogP contribution < -0.4 is 4.74 Å². The predicted octanol–water partition coefficient (Wildman–Crippen LogP) is 2.94. The van der Waals surface area contributed by atoms with Crippen molar-refractivity contribution in [3.05, 3.63) is 35.4 Å². The van der Waals surface area contributed by atoms with E-state index in [0.29, 0.717) is 0 Å². The summed E-state index contributed by atoms with van der Waals surface area (Å²) in [6.45, 7) is 4.15. The van der Waals surface area contributed by atoms with Gasteiger partial charge in [0.05, 0.1) is 6.07 Å². The van der Waals surface area contributed by atoms with E-state index in [1.54, 1.807) is 6.08 Å². The van der Waals surface area contributed by atoms with Crippen LogP contribution in [0.25, 0.3) is 6.08 Å². The van der Waals surface area contributed by atoms with E-state index in [1.807, 2.05) is 18.2 Å². The van der Waals surface area contributed by atoms with Crippen molar-refractivity contribution in [2.45, 2.75) is 25.9 Å². The minimum atomic E-state index is -0.126. The van der Waals surface area contributed by atoms with Gasteiger partial charge in [-0.3, -0.25) is 0 Å². The van der Waals surface area contributed by atoms with Crippen LogP contribution in [0, 0.1) is 11.3 Å². The molecule has 1 aliphatic heterocycles. The highest BCUT2D eigenvalue weighted by Gasteiger charge is 2.30. The Labute approximate surface area is 89.8 Å². The van der Waals surface area contributed by atoms with Crippen molar-refractivity contribution in [2.24, 2.45) is 0 Å². The summed E-state index contributed by atoms with van der Waals surface area (Å²) in [5, 5.41) is 8.50. The van der Waals surface area contributed by atoms with Crippen molar-refractivity contribution in [3.63, 3.8) is 0 Å². The second kappa shape index (κ2) is 3.43. The first-order valence-corrected chi connectivity index (χ1v) is 4.99. The Morgan fingerprint density at radius 3 is 3.00 bits per heavy atom. The normalized spacial score (nSPS) is 17.1. The maximum atomic E-state index is 8.50. The summed E-state index contributed by atoms with van der Waals surface area (Å²) < 4.78 is 5.86. The highest BCUT2D eigenvalue weighted by Crippen LogP contribution is 2.37. The number of fused-ring (bicyclic) bond motifs is 1. The number of hydrogen-bond donors (Lipinski definition) is 0. The molecule has 0 aromatic heterocycles. The SMILES string of the molecule is CC1(C)Cc2cccc(C=CC#N)c2O1. The lowest BCUT2D eigenvalue weighted by Gasteiger charge is -2.17. The van der Waals surface area contributed by atoms with Gasteiger partial charge in [0, 0.05) is 18.1 Å². The summed E-state index contributed by atoms with van der Waals surface area (Å²) in [7, 11) is 0. The molecule has 76 valence electrons. The lowest BCUT2D eigenvalue weighted by Crippen LogP contribution is -2.24. The van der Waals surface area contributed by atoms with Gasteiger partial charge in [-0.1, -0.05) is 18.2 Å². The zero-order valence-electron chi connectivity index (χ0n) is 8.95. The molecule has 0 aliphatic carbocycles. The first-order chi connectivity index (χ1) is 7.12. The number of allylic oxidation sites excluding steroid dienone is 1. The van der Waals surface area contributed by atoms with Crippen LogP contribution in [0.2, 0.25) is 0 Å². The van der Waals surface area contributed by atoms with Crippen LogP contribution in [0.1, 0.15) is 25.0 Å². The van der Waals surface area contributed by atoms with Crippen LogP contribution in [0.4, 0.5) is 0 Å². The van der Waals surface area contributed by atoms with Crippen molar-refractivity contribution >= 4 is 6.08 Å². The van der Waals surface area contributed by atoms with E-state index < -0.39 is 0 Å². The molecule has 1 aliphatic rings. The van der Waals surface area contributed by atoms with E-state index >= 15 is 0 Å². The van der Waals surface area contributed by atoms with E-state index in [4.69, 9.17) is 10.00 Å².